The highest BCUT2D eigenvalue weighted by atomic mass is 35.5. The van der Waals surface area contributed by atoms with E-state index in [1.54, 1.807) is 18.2 Å². The van der Waals surface area contributed by atoms with Gasteiger partial charge in [-0.3, -0.25) is 0 Å². The predicted molar refractivity (Wildman–Crippen MR) is 76.4 cm³/mol. The maximum absolute atomic E-state index is 8.92. The van der Waals surface area contributed by atoms with Gasteiger partial charge in [-0.2, -0.15) is 5.26 Å². The Kier molecular flexibility index (Phi) is 3.82. The van der Waals surface area contributed by atoms with Gasteiger partial charge < -0.3 is 9.73 Å². The van der Waals surface area contributed by atoms with Crippen LogP contribution in [0.2, 0.25) is 5.02 Å². The van der Waals surface area contributed by atoms with Crippen LogP contribution in [0.5, 0.6) is 0 Å². The third-order valence-corrected chi connectivity index (χ3v) is 3.34. The number of aryl methyl sites for hydroxylation is 2. The molecule has 0 aliphatic carbocycles. The minimum absolute atomic E-state index is 0.0592. The van der Waals surface area contributed by atoms with E-state index >= 15 is 0 Å². The number of nitriles is 1. The normalized spacial score (nSPS) is 11.9. The first-order valence-corrected chi connectivity index (χ1v) is 6.42. The molecule has 0 aliphatic heterocycles. The monoisotopic (exact) mass is 274 g/mol. The second-order valence-corrected chi connectivity index (χ2v) is 4.95. The highest BCUT2D eigenvalue weighted by Gasteiger charge is 2.14. The molecule has 0 saturated heterocycles. The molecule has 19 heavy (non-hydrogen) atoms. The second-order valence-electron chi connectivity index (χ2n) is 4.54. The lowest BCUT2D eigenvalue weighted by Gasteiger charge is -2.16. The molecule has 1 unspecified atom stereocenters. The van der Waals surface area contributed by atoms with E-state index in [-0.39, 0.29) is 6.04 Å². The third-order valence-electron chi connectivity index (χ3n) is 3.01. The number of hydrogen-bond acceptors (Lipinski definition) is 3. The molecule has 0 radical (unpaired) electrons. The number of halogens is 1. The Morgan fingerprint density at radius 3 is 2.63 bits per heavy atom. The number of furan rings is 1. The number of anilines is 1. The van der Waals surface area contributed by atoms with E-state index in [9.17, 15) is 0 Å². The summed E-state index contributed by atoms with van der Waals surface area (Å²) in [5.74, 6) is 1.78. The smallest absolute Gasteiger partial charge is 0.106 e. The quantitative estimate of drug-likeness (QED) is 0.890. The third kappa shape index (κ3) is 2.91. The molecule has 0 amide bonds. The lowest BCUT2D eigenvalue weighted by molar-refractivity contribution is 0.500. The molecule has 1 N–H and O–H groups in total. The van der Waals surface area contributed by atoms with Crippen LogP contribution in [0.1, 0.15) is 35.6 Å². The van der Waals surface area contributed by atoms with Gasteiger partial charge in [0.25, 0.3) is 0 Å². The Morgan fingerprint density at radius 2 is 2.05 bits per heavy atom. The standard InChI is InChI=1S/C15H15ClN2O/c1-9-6-13(11(3)19-9)10(2)18-15-7-12(8-17)4-5-14(15)16/h4-7,10,18H,1-3H3. The van der Waals surface area contributed by atoms with Gasteiger partial charge in [-0.1, -0.05) is 11.6 Å². The van der Waals surface area contributed by atoms with Crippen molar-refractivity contribution in [3.8, 4) is 6.07 Å². The lowest BCUT2D eigenvalue weighted by atomic mass is 10.1. The van der Waals surface area contributed by atoms with Crippen LogP contribution in [0.4, 0.5) is 5.69 Å². The maximum atomic E-state index is 8.92. The molecule has 3 nitrogen and oxygen atoms in total. The Labute approximate surface area is 117 Å². The molecular weight excluding hydrogens is 260 g/mol. The number of benzene rings is 1. The molecule has 0 fully saturated rings. The molecule has 0 aliphatic rings. The molecule has 0 saturated carbocycles. The molecule has 98 valence electrons. The van der Waals surface area contributed by atoms with E-state index in [4.69, 9.17) is 21.3 Å². The fourth-order valence-corrected chi connectivity index (χ4v) is 2.27. The van der Waals surface area contributed by atoms with Crippen LogP contribution in [0, 0.1) is 25.2 Å². The average Bonchev–Trinajstić information content (AvgIpc) is 2.71. The van der Waals surface area contributed by atoms with Crippen molar-refractivity contribution in [2.75, 3.05) is 5.32 Å². The van der Waals surface area contributed by atoms with Crippen LogP contribution >= 0.6 is 11.6 Å². The molecule has 4 heteroatoms. The summed E-state index contributed by atoms with van der Waals surface area (Å²) in [6.07, 6.45) is 0. The van der Waals surface area contributed by atoms with Crippen molar-refractivity contribution >= 4 is 17.3 Å². The van der Waals surface area contributed by atoms with E-state index in [0.717, 1.165) is 22.8 Å². The zero-order valence-electron chi connectivity index (χ0n) is 11.1. The first-order valence-electron chi connectivity index (χ1n) is 6.04. The topological polar surface area (TPSA) is 49.0 Å². The van der Waals surface area contributed by atoms with E-state index in [1.807, 2.05) is 26.8 Å². The first kappa shape index (κ1) is 13.5. The zero-order chi connectivity index (χ0) is 14.0. The SMILES string of the molecule is Cc1cc(C(C)Nc2cc(C#N)ccc2Cl)c(C)o1. The summed E-state index contributed by atoms with van der Waals surface area (Å²) < 4.78 is 5.52. The molecule has 1 atom stereocenters. The number of nitrogens with zero attached hydrogens (tertiary/aromatic N) is 1. The second kappa shape index (κ2) is 5.38. The number of nitrogens with one attached hydrogen (secondary N) is 1. The van der Waals surface area contributed by atoms with E-state index in [0.29, 0.717) is 10.6 Å². The van der Waals surface area contributed by atoms with Crippen molar-refractivity contribution < 1.29 is 4.42 Å². The minimum Gasteiger partial charge on any atom is -0.466 e. The summed E-state index contributed by atoms with van der Waals surface area (Å²) in [4.78, 5) is 0. The molecule has 1 heterocycles. The summed E-state index contributed by atoms with van der Waals surface area (Å²) >= 11 is 6.13. The minimum atomic E-state index is 0.0592. The van der Waals surface area contributed by atoms with E-state index < -0.39 is 0 Å². The predicted octanol–water partition coefficient (Wildman–Crippen LogP) is 4.59. The summed E-state index contributed by atoms with van der Waals surface area (Å²) in [6.45, 7) is 5.90. The Morgan fingerprint density at radius 1 is 1.32 bits per heavy atom. The Bertz CT molecular complexity index is 640. The number of hydrogen-bond donors (Lipinski definition) is 1. The van der Waals surface area contributed by atoms with Gasteiger partial charge in [-0.05, 0) is 45.0 Å². The van der Waals surface area contributed by atoms with Crippen LogP contribution < -0.4 is 5.32 Å². The molecule has 2 aromatic rings. The van der Waals surface area contributed by atoms with Gasteiger partial charge in [-0.15, -0.1) is 0 Å². The molecular formula is C15H15ClN2O. The van der Waals surface area contributed by atoms with Gasteiger partial charge in [-0.25, -0.2) is 0 Å². The molecule has 0 bridgehead atoms. The molecule has 2 rings (SSSR count). The Balaban J connectivity index is 2.26. The van der Waals surface area contributed by atoms with Crippen molar-refractivity contribution in [2.24, 2.45) is 0 Å². The van der Waals surface area contributed by atoms with Crippen molar-refractivity contribution in [3.63, 3.8) is 0 Å². The van der Waals surface area contributed by atoms with Crippen LogP contribution in [0.3, 0.4) is 0 Å². The van der Waals surface area contributed by atoms with Crippen molar-refractivity contribution in [2.45, 2.75) is 26.8 Å². The lowest BCUT2D eigenvalue weighted by Crippen LogP contribution is -2.07. The van der Waals surface area contributed by atoms with Crippen LogP contribution in [0.25, 0.3) is 0 Å². The van der Waals surface area contributed by atoms with E-state index in [1.165, 1.54) is 0 Å². The fourth-order valence-electron chi connectivity index (χ4n) is 2.10. The fraction of sp³-hybridized carbons (Fsp3) is 0.267. The summed E-state index contributed by atoms with van der Waals surface area (Å²) in [5.41, 5.74) is 2.43. The average molecular weight is 275 g/mol. The highest BCUT2D eigenvalue weighted by molar-refractivity contribution is 6.33. The number of rotatable bonds is 3. The van der Waals surface area contributed by atoms with E-state index in [2.05, 4.69) is 11.4 Å². The molecule has 0 spiro atoms. The van der Waals surface area contributed by atoms with Crippen molar-refractivity contribution in [3.05, 3.63) is 51.9 Å². The zero-order valence-corrected chi connectivity index (χ0v) is 11.9. The molecule has 1 aromatic heterocycles. The van der Waals surface area contributed by atoms with Crippen molar-refractivity contribution in [1.82, 2.24) is 0 Å². The van der Waals surface area contributed by atoms with Gasteiger partial charge in [0.1, 0.15) is 11.5 Å². The summed E-state index contributed by atoms with van der Waals surface area (Å²) in [5, 5.41) is 12.8. The van der Waals surface area contributed by atoms with Crippen LogP contribution in [0.15, 0.2) is 28.7 Å². The van der Waals surface area contributed by atoms with Gasteiger partial charge in [0.05, 0.1) is 28.4 Å². The summed E-state index contributed by atoms with van der Waals surface area (Å²) in [7, 11) is 0. The van der Waals surface area contributed by atoms with Crippen molar-refractivity contribution in [1.29, 1.82) is 5.26 Å². The Hall–Kier alpha value is -1.92. The maximum Gasteiger partial charge on any atom is 0.106 e. The summed E-state index contributed by atoms with van der Waals surface area (Å²) in [6, 6.07) is 9.35. The van der Waals surface area contributed by atoms with Crippen LogP contribution in [-0.2, 0) is 0 Å². The molecule has 1 aromatic carbocycles. The van der Waals surface area contributed by atoms with Crippen LogP contribution in [-0.4, -0.2) is 0 Å². The van der Waals surface area contributed by atoms with Gasteiger partial charge >= 0.3 is 0 Å². The highest BCUT2D eigenvalue weighted by Crippen LogP contribution is 2.29. The first-order chi connectivity index (χ1) is 9.01. The van der Waals surface area contributed by atoms with Gasteiger partial charge in [0.15, 0.2) is 0 Å². The van der Waals surface area contributed by atoms with Gasteiger partial charge in [0, 0.05) is 5.56 Å². The van der Waals surface area contributed by atoms with Gasteiger partial charge in [0.2, 0.25) is 0 Å². The largest absolute Gasteiger partial charge is 0.466 e.